The van der Waals surface area contributed by atoms with Gasteiger partial charge in [-0.25, -0.2) is 12.7 Å². The fourth-order valence-electron chi connectivity index (χ4n) is 2.68. The third-order valence-corrected chi connectivity index (χ3v) is 7.30. The number of hydrogen-bond acceptors (Lipinski definition) is 4. The predicted octanol–water partition coefficient (Wildman–Crippen LogP) is 2.48. The minimum atomic E-state index is -4.50. The van der Waals surface area contributed by atoms with E-state index >= 15 is 0 Å². The second kappa shape index (κ2) is 8.40. The highest BCUT2D eigenvalue weighted by molar-refractivity contribution is 7.99. The summed E-state index contributed by atoms with van der Waals surface area (Å²) in [6.07, 6.45) is -4.50. The zero-order valence-corrected chi connectivity index (χ0v) is 16.8. The summed E-state index contributed by atoms with van der Waals surface area (Å²) in [6, 6.07) is 4.60. The van der Waals surface area contributed by atoms with Crippen molar-refractivity contribution in [2.45, 2.75) is 25.4 Å². The van der Waals surface area contributed by atoms with Gasteiger partial charge >= 0.3 is 6.18 Å². The Morgan fingerprint density at radius 3 is 2.37 bits per heavy atom. The zero-order valence-electron chi connectivity index (χ0n) is 15.2. The summed E-state index contributed by atoms with van der Waals surface area (Å²) in [7, 11) is -3.46. The second-order valence-electron chi connectivity index (χ2n) is 6.79. The Hall–Kier alpha value is -1.26. The lowest BCUT2D eigenvalue weighted by Crippen LogP contribution is -2.45. The van der Waals surface area contributed by atoms with Crippen molar-refractivity contribution in [3.05, 3.63) is 35.4 Å². The molecule has 1 fully saturated rings. The maximum absolute atomic E-state index is 12.9. The van der Waals surface area contributed by atoms with E-state index in [0.29, 0.717) is 13.1 Å². The molecule has 0 bridgehead atoms. The van der Waals surface area contributed by atoms with E-state index in [-0.39, 0.29) is 17.9 Å². The van der Waals surface area contributed by atoms with Gasteiger partial charge in [-0.05, 0) is 25.5 Å². The van der Waals surface area contributed by atoms with Crippen LogP contribution in [0.4, 0.5) is 13.2 Å². The largest absolute Gasteiger partial charge is 0.416 e. The molecule has 1 amide bonds. The number of nitrogens with one attached hydrogen (secondary N) is 1. The van der Waals surface area contributed by atoms with Gasteiger partial charge in [-0.2, -0.15) is 24.9 Å². The van der Waals surface area contributed by atoms with E-state index in [1.54, 1.807) is 11.8 Å². The first kappa shape index (κ1) is 22.0. The number of thioether (sulfide) groups is 1. The fourth-order valence-corrected chi connectivity index (χ4v) is 5.18. The highest BCUT2D eigenvalue weighted by Crippen LogP contribution is 2.32. The molecule has 0 saturated carbocycles. The molecule has 1 aliphatic heterocycles. The number of sulfonamides is 1. The van der Waals surface area contributed by atoms with E-state index < -0.39 is 33.1 Å². The highest BCUT2D eigenvalue weighted by Gasteiger charge is 2.35. The maximum Gasteiger partial charge on any atom is 0.416 e. The van der Waals surface area contributed by atoms with Gasteiger partial charge in [-0.3, -0.25) is 4.79 Å². The van der Waals surface area contributed by atoms with E-state index in [1.165, 1.54) is 30.3 Å². The lowest BCUT2D eigenvalue weighted by Gasteiger charge is -2.27. The first-order valence-electron chi connectivity index (χ1n) is 8.46. The van der Waals surface area contributed by atoms with Crippen molar-refractivity contribution < 1.29 is 26.4 Å². The maximum atomic E-state index is 12.9. The molecule has 1 aliphatic rings. The summed E-state index contributed by atoms with van der Waals surface area (Å²) >= 11 is 1.69. The third kappa shape index (κ3) is 5.61. The lowest BCUT2D eigenvalue weighted by molar-refractivity contribution is -0.137. The van der Waals surface area contributed by atoms with Gasteiger partial charge in [-0.1, -0.05) is 18.2 Å². The average Bonchev–Trinajstić information content (AvgIpc) is 2.61. The van der Waals surface area contributed by atoms with Crippen LogP contribution in [-0.4, -0.2) is 55.5 Å². The van der Waals surface area contributed by atoms with Gasteiger partial charge in [0.1, 0.15) is 0 Å². The Morgan fingerprint density at radius 1 is 1.19 bits per heavy atom. The minimum Gasteiger partial charge on any atom is -0.354 e. The molecule has 10 heteroatoms. The molecule has 1 N–H and O–H groups in total. The second-order valence-corrected chi connectivity index (χ2v) is 10.1. The van der Waals surface area contributed by atoms with Crippen molar-refractivity contribution in [3.63, 3.8) is 0 Å². The summed E-state index contributed by atoms with van der Waals surface area (Å²) in [6.45, 7) is 3.84. The van der Waals surface area contributed by atoms with Gasteiger partial charge in [0, 0.05) is 31.1 Å². The molecular weight excluding hydrogens is 401 g/mol. The molecule has 0 atom stereocenters. The summed E-state index contributed by atoms with van der Waals surface area (Å²) in [5.74, 6) is 0.732. The number of carbonyl (C=O) groups is 1. The van der Waals surface area contributed by atoms with Crippen LogP contribution in [0.5, 0.6) is 0 Å². The normalized spacial score (nSPS) is 16.9. The molecule has 152 valence electrons. The van der Waals surface area contributed by atoms with Crippen LogP contribution < -0.4 is 5.32 Å². The molecule has 0 unspecified atom stereocenters. The Balaban J connectivity index is 2.00. The van der Waals surface area contributed by atoms with Crippen LogP contribution in [0.1, 0.15) is 25.0 Å². The quantitative estimate of drug-likeness (QED) is 0.762. The molecule has 2 rings (SSSR count). The Morgan fingerprint density at radius 2 is 1.78 bits per heavy atom. The van der Waals surface area contributed by atoms with E-state index in [4.69, 9.17) is 0 Å². The van der Waals surface area contributed by atoms with Crippen LogP contribution in [0.2, 0.25) is 0 Å². The highest BCUT2D eigenvalue weighted by atomic mass is 32.2. The van der Waals surface area contributed by atoms with Crippen LogP contribution in [0.3, 0.4) is 0 Å². The van der Waals surface area contributed by atoms with Crippen molar-refractivity contribution in [1.82, 2.24) is 9.62 Å². The number of carbonyl (C=O) groups excluding carboxylic acids is 1. The molecule has 5 nitrogen and oxygen atoms in total. The van der Waals surface area contributed by atoms with Crippen LogP contribution in [-0.2, 0) is 26.4 Å². The van der Waals surface area contributed by atoms with Crippen LogP contribution >= 0.6 is 11.8 Å². The average molecular weight is 425 g/mol. The SMILES string of the molecule is CC(C)(C(=O)NCCS(=O)(=O)N1CCSCC1)c1cccc(C(F)(F)F)c1. The molecular formula is C17H23F3N2O3S2. The summed E-state index contributed by atoms with van der Waals surface area (Å²) in [4.78, 5) is 12.5. The van der Waals surface area contributed by atoms with Gasteiger partial charge < -0.3 is 5.32 Å². The van der Waals surface area contributed by atoms with Gasteiger partial charge in [0.25, 0.3) is 0 Å². The number of hydrogen-bond donors (Lipinski definition) is 1. The summed E-state index contributed by atoms with van der Waals surface area (Å²) < 4.78 is 64.7. The molecule has 27 heavy (non-hydrogen) atoms. The van der Waals surface area contributed by atoms with E-state index in [0.717, 1.165) is 23.6 Å². The molecule has 1 heterocycles. The monoisotopic (exact) mass is 424 g/mol. The van der Waals surface area contributed by atoms with Crippen LogP contribution in [0.25, 0.3) is 0 Å². The number of halogens is 3. The molecule has 1 saturated heterocycles. The number of benzene rings is 1. The summed E-state index contributed by atoms with van der Waals surface area (Å²) in [5, 5.41) is 2.54. The van der Waals surface area contributed by atoms with Gasteiger partial charge in [0.05, 0.1) is 16.7 Å². The van der Waals surface area contributed by atoms with E-state index in [9.17, 15) is 26.4 Å². The molecule has 0 spiro atoms. The van der Waals surface area contributed by atoms with Crippen LogP contribution in [0.15, 0.2) is 24.3 Å². The van der Waals surface area contributed by atoms with Crippen LogP contribution in [0, 0.1) is 0 Å². The van der Waals surface area contributed by atoms with Crippen molar-refractivity contribution in [2.75, 3.05) is 36.9 Å². The predicted molar refractivity (Wildman–Crippen MR) is 100 cm³/mol. The molecule has 0 aromatic heterocycles. The summed E-state index contributed by atoms with van der Waals surface area (Å²) in [5.41, 5.74) is -1.84. The van der Waals surface area contributed by atoms with E-state index in [2.05, 4.69) is 5.32 Å². The molecule has 0 radical (unpaired) electrons. The first-order valence-corrected chi connectivity index (χ1v) is 11.2. The van der Waals surface area contributed by atoms with E-state index in [1.807, 2.05) is 0 Å². The number of nitrogens with zero attached hydrogens (tertiary/aromatic N) is 1. The molecule has 1 aromatic carbocycles. The third-order valence-electron chi connectivity index (χ3n) is 4.49. The minimum absolute atomic E-state index is 0.0901. The van der Waals surface area contributed by atoms with Gasteiger partial charge in [-0.15, -0.1) is 0 Å². The van der Waals surface area contributed by atoms with Crippen molar-refractivity contribution in [2.24, 2.45) is 0 Å². The Bertz CT molecular complexity index is 774. The fraction of sp³-hybridized carbons (Fsp3) is 0.588. The smallest absolute Gasteiger partial charge is 0.354 e. The number of alkyl halides is 3. The van der Waals surface area contributed by atoms with Gasteiger partial charge in [0.2, 0.25) is 15.9 Å². The standard InChI is InChI=1S/C17H23F3N2O3S2/c1-16(2,13-4-3-5-14(12-13)17(18,19)20)15(23)21-6-11-27(24,25)22-7-9-26-10-8-22/h3-5,12H,6-11H2,1-2H3,(H,21,23). The number of rotatable bonds is 6. The van der Waals surface area contributed by atoms with Gasteiger partial charge in [0.15, 0.2) is 0 Å². The Kier molecular flexibility index (Phi) is 6.86. The lowest BCUT2D eigenvalue weighted by atomic mass is 9.83. The number of amides is 1. The van der Waals surface area contributed by atoms with Crippen molar-refractivity contribution >= 4 is 27.7 Å². The first-order chi connectivity index (χ1) is 12.4. The molecule has 0 aliphatic carbocycles. The molecule has 1 aromatic rings. The zero-order chi connectivity index (χ0) is 20.3. The Labute approximate surface area is 161 Å². The van der Waals surface area contributed by atoms with Crippen molar-refractivity contribution in [1.29, 1.82) is 0 Å². The topological polar surface area (TPSA) is 66.5 Å². The van der Waals surface area contributed by atoms with Crippen molar-refractivity contribution in [3.8, 4) is 0 Å².